The zero-order valence-corrected chi connectivity index (χ0v) is 15.8. The summed E-state index contributed by atoms with van der Waals surface area (Å²) >= 11 is 0. The van der Waals surface area contributed by atoms with Gasteiger partial charge in [-0.25, -0.2) is 14.3 Å². The Morgan fingerprint density at radius 1 is 1.10 bits per heavy atom. The highest BCUT2D eigenvalue weighted by atomic mass is 16.5. The van der Waals surface area contributed by atoms with Crippen LogP contribution in [-0.4, -0.2) is 54.7 Å². The van der Waals surface area contributed by atoms with E-state index in [9.17, 15) is 9.59 Å². The minimum absolute atomic E-state index is 0.199. The number of nitrogens with zero attached hydrogens (tertiary/aromatic N) is 6. The molecule has 2 unspecified atom stereocenters. The summed E-state index contributed by atoms with van der Waals surface area (Å²) < 4.78 is 8.44. The van der Waals surface area contributed by atoms with Gasteiger partial charge >= 0.3 is 0 Å². The first-order valence-corrected chi connectivity index (χ1v) is 9.39. The maximum absolute atomic E-state index is 12.8. The van der Waals surface area contributed by atoms with Gasteiger partial charge in [-0.2, -0.15) is 5.10 Å². The SMILES string of the molecule is O=C(NC1COCC1n1nc(-n2cccn2)ccc1=O)c1cnc2ccccc2n1. The fraction of sp³-hybridized carbons (Fsp3) is 0.200. The molecule has 1 fully saturated rings. The number of hydrogen-bond donors (Lipinski definition) is 1. The molecule has 1 aliphatic heterocycles. The van der Waals surface area contributed by atoms with Gasteiger partial charge in [0.25, 0.3) is 11.5 Å². The number of rotatable bonds is 4. The summed E-state index contributed by atoms with van der Waals surface area (Å²) in [5, 5.41) is 11.5. The zero-order chi connectivity index (χ0) is 20.5. The Labute approximate surface area is 170 Å². The quantitative estimate of drug-likeness (QED) is 0.534. The van der Waals surface area contributed by atoms with Crippen LogP contribution in [0.5, 0.6) is 0 Å². The monoisotopic (exact) mass is 403 g/mol. The molecule has 1 saturated heterocycles. The first-order valence-electron chi connectivity index (χ1n) is 9.39. The normalized spacial score (nSPS) is 18.5. The third-order valence-electron chi connectivity index (χ3n) is 4.91. The van der Waals surface area contributed by atoms with Gasteiger partial charge in [0.05, 0.1) is 36.5 Å². The van der Waals surface area contributed by atoms with Gasteiger partial charge in [0, 0.05) is 18.5 Å². The van der Waals surface area contributed by atoms with Gasteiger partial charge in [-0.15, -0.1) is 5.10 Å². The van der Waals surface area contributed by atoms with E-state index in [-0.39, 0.29) is 30.4 Å². The van der Waals surface area contributed by atoms with E-state index in [1.807, 2.05) is 18.2 Å². The van der Waals surface area contributed by atoms with Crippen molar-refractivity contribution in [2.75, 3.05) is 13.2 Å². The highest BCUT2D eigenvalue weighted by Crippen LogP contribution is 2.18. The Kier molecular flexibility index (Phi) is 4.52. The molecule has 1 N–H and O–H groups in total. The van der Waals surface area contributed by atoms with Gasteiger partial charge in [-0.05, 0) is 24.3 Å². The number of ether oxygens (including phenoxy) is 1. The number of fused-ring (bicyclic) bond motifs is 1. The van der Waals surface area contributed by atoms with Crippen LogP contribution in [0.25, 0.3) is 16.9 Å². The lowest BCUT2D eigenvalue weighted by molar-refractivity contribution is 0.0919. The highest BCUT2D eigenvalue weighted by Gasteiger charge is 2.33. The number of nitrogens with one attached hydrogen (secondary N) is 1. The molecule has 4 heterocycles. The molecule has 10 nitrogen and oxygen atoms in total. The van der Waals surface area contributed by atoms with Crippen LogP contribution in [0.1, 0.15) is 16.5 Å². The van der Waals surface area contributed by atoms with Crippen LogP contribution < -0.4 is 10.9 Å². The predicted octanol–water partition coefficient (Wildman–Crippen LogP) is 0.742. The van der Waals surface area contributed by atoms with Gasteiger partial charge in [0.1, 0.15) is 11.7 Å². The number of amides is 1. The van der Waals surface area contributed by atoms with Gasteiger partial charge in [-0.1, -0.05) is 12.1 Å². The van der Waals surface area contributed by atoms with Crippen LogP contribution in [0.4, 0.5) is 0 Å². The number of carbonyl (C=O) groups is 1. The molecule has 150 valence electrons. The first-order chi connectivity index (χ1) is 14.7. The van der Waals surface area contributed by atoms with Crippen LogP contribution in [0.3, 0.4) is 0 Å². The maximum Gasteiger partial charge on any atom is 0.271 e. The lowest BCUT2D eigenvalue weighted by atomic mass is 10.1. The second kappa shape index (κ2) is 7.48. The number of hydrogen-bond acceptors (Lipinski definition) is 7. The first kappa shape index (κ1) is 18.1. The molecular formula is C20H17N7O3. The molecule has 30 heavy (non-hydrogen) atoms. The summed E-state index contributed by atoms with van der Waals surface area (Å²) in [4.78, 5) is 33.9. The minimum Gasteiger partial charge on any atom is -0.377 e. The summed E-state index contributed by atoms with van der Waals surface area (Å²) in [6.07, 6.45) is 4.80. The number of benzene rings is 1. The number of carbonyl (C=O) groups excluding carboxylic acids is 1. The lowest BCUT2D eigenvalue weighted by Crippen LogP contribution is -2.44. The largest absolute Gasteiger partial charge is 0.377 e. The van der Waals surface area contributed by atoms with Crippen molar-refractivity contribution < 1.29 is 9.53 Å². The average Bonchev–Trinajstić information content (AvgIpc) is 3.46. The van der Waals surface area contributed by atoms with Crippen LogP contribution in [0.15, 0.2) is 65.8 Å². The Morgan fingerprint density at radius 3 is 2.80 bits per heavy atom. The third kappa shape index (κ3) is 3.33. The Bertz CT molecular complexity index is 1270. The fourth-order valence-electron chi connectivity index (χ4n) is 3.41. The molecule has 2 atom stereocenters. The van der Waals surface area contributed by atoms with E-state index in [0.717, 1.165) is 0 Å². The van der Waals surface area contributed by atoms with E-state index in [1.165, 1.54) is 16.9 Å². The molecule has 3 aromatic heterocycles. The molecule has 1 aromatic carbocycles. The van der Waals surface area contributed by atoms with Gasteiger partial charge in [0.15, 0.2) is 5.82 Å². The van der Waals surface area contributed by atoms with Gasteiger partial charge in [-0.3, -0.25) is 14.6 Å². The van der Waals surface area contributed by atoms with Crippen LogP contribution in [0.2, 0.25) is 0 Å². The predicted molar refractivity (Wildman–Crippen MR) is 106 cm³/mol. The smallest absolute Gasteiger partial charge is 0.271 e. The van der Waals surface area contributed by atoms with Crippen molar-refractivity contribution in [3.8, 4) is 5.82 Å². The molecule has 5 rings (SSSR count). The zero-order valence-electron chi connectivity index (χ0n) is 15.8. The van der Waals surface area contributed by atoms with Gasteiger partial charge in [0.2, 0.25) is 0 Å². The van der Waals surface area contributed by atoms with E-state index in [2.05, 4.69) is 25.5 Å². The van der Waals surface area contributed by atoms with Crippen molar-refractivity contribution in [2.45, 2.75) is 12.1 Å². The summed E-state index contributed by atoms with van der Waals surface area (Å²) in [5.41, 5.74) is 1.26. The second-order valence-electron chi connectivity index (χ2n) is 6.85. The maximum atomic E-state index is 12.8. The molecule has 0 radical (unpaired) electrons. The van der Waals surface area contributed by atoms with Crippen LogP contribution in [0, 0.1) is 0 Å². The van der Waals surface area contributed by atoms with Crippen molar-refractivity contribution >= 4 is 16.9 Å². The van der Waals surface area contributed by atoms with E-state index < -0.39 is 12.1 Å². The Balaban J connectivity index is 1.40. The minimum atomic E-state index is -0.453. The summed E-state index contributed by atoms with van der Waals surface area (Å²) in [7, 11) is 0. The molecule has 4 aromatic rings. The molecule has 0 saturated carbocycles. The third-order valence-corrected chi connectivity index (χ3v) is 4.91. The van der Waals surface area contributed by atoms with E-state index in [1.54, 1.807) is 35.3 Å². The Morgan fingerprint density at radius 2 is 1.97 bits per heavy atom. The number of aromatic nitrogens is 6. The van der Waals surface area contributed by atoms with E-state index >= 15 is 0 Å². The molecule has 1 amide bonds. The molecule has 1 aliphatic rings. The fourth-order valence-corrected chi connectivity index (χ4v) is 3.41. The van der Waals surface area contributed by atoms with Crippen molar-refractivity contribution in [1.82, 2.24) is 34.8 Å². The van der Waals surface area contributed by atoms with Crippen molar-refractivity contribution in [3.05, 3.63) is 77.1 Å². The molecule has 10 heteroatoms. The second-order valence-corrected chi connectivity index (χ2v) is 6.85. The molecular weight excluding hydrogens is 386 g/mol. The Hall–Kier alpha value is -3.92. The molecule has 0 aliphatic carbocycles. The standard InChI is InChI=1S/C20H17N7O3/c28-19-7-6-18(26-9-3-8-22-26)25-27(19)17-12-30-11-16(17)24-20(29)15-10-21-13-4-1-2-5-14(13)23-15/h1-10,16-17H,11-12H2,(H,24,29). The molecule has 0 spiro atoms. The molecule has 0 bridgehead atoms. The van der Waals surface area contributed by atoms with Crippen LogP contribution >= 0.6 is 0 Å². The topological polar surface area (TPSA) is 117 Å². The summed E-state index contributed by atoms with van der Waals surface area (Å²) in [6.45, 7) is 0.515. The summed E-state index contributed by atoms with van der Waals surface area (Å²) in [6, 6.07) is 11.2. The van der Waals surface area contributed by atoms with Gasteiger partial charge < -0.3 is 10.1 Å². The van der Waals surface area contributed by atoms with E-state index in [0.29, 0.717) is 16.9 Å². The van der Waals surface area contributed by atoms with E-state index in [4.69, 9.17) is 4.74 Å². The lowest BCUT2D eigenvalue weighted by Gasteiger charge is -2.20. The van der Waals surface area contributed by atoms with Crippen LogP contribution in [-0.2, 0) is 4.74 Å². The highest BCUT2D eigenvalue weighted by molar-refractivity contribution is 5.94. The van der Waals surface area contributed by atoms with Crippen molar-refractivity contribution in [1.29, 1.82) is 0 Å². The number of para-hydroxylation sites is 2. The van der Waals surface area contributed by atoms with Crippen molar-refractivity contribution in [3.63, 3.8) is 0 Å². The average molecular weight is 403 g/mol. The summed E-state index contributed by atoms with van der Waals surface area (Å²) in [5.74, 6) is 0.113. The van der Waals surface area contributed by atoms with Crippen molar-refractivity contribution in [2.24, 2.45) is 0 Å².